The monoisotopic (exact) mass is 465 g/mol. The van der Waals surface area contributed by atoms with Crippen molar-refractivity contribution >= 4 is 61.4 Å². The van der Waals surface area contributed by atoms with Crippen LogP contribution in [0.15, 0.2) is 48.5 Å². The fraction of sp³-hybridized carbons (Fsp3) is 0.222. The molecule has 1 aliphatic carbocycles. The van der Waals surface area contributed by atoms with Crippen molar-refractivity contribution in [2.45, 2.75) is 30.5 Å². The summed E-state index contributed by atoms with van der Waals surface area (Å²) >= 11 is 0. The van der Waals surface area contributed by atoms with Crippen LogP contribution in [0, 0.1) is 0 Å². The van der Waals surface area contributed by atoms with Crippen LogP contribution >= 0.6 is 0 Å². The van der Waals surface area contributed by atoms with E-state index in [-0.39, 0.29) is 12.5 Å². The van der Waals surface area contributed by atoms with Gasteiger partial charge in [-0.2, -0.15) is 0 Å². The highest BCUT2D eigenvalue weighted by molar-refractivity contribution is 6.39. The van der Waals surface area contributed by atoms with E-state index in [0.29, 0.717) is 22.9 Å². The predicted molar refractivity (Wildman–Crippen MR) is 129 cm³/mol. The van der Waals surface area contributed by atoms with Crippen molar-refractivity contribution < 1.29 is 24.2 Å². The topological polar surface area (TPSA) is 103 Å². The van der Waals surface area contributed by atoms with Crippen molar-refractivity contribution in [3.05, 3.63) is 59.7 Å². The number of esters is 1. The molecular weight excluding hydrogens is 446 g/mol. The van der Waals surface area contributed by atoms with E-state index in [9.17, 15) is 19.5 Å². The number of nitrogens with one attached hydrogen (secondary N) is 1. The molecule has 0 saturated heterocycles. The van der Waals surface area contributed by atoms with E-state index in [1.807, 2.05) is 53.1 Å². The number of hydrogen-bond donors (Lipinski definition) is 2. The molecule has 5 aromatic rings. The molecule has 1 fully saturated rings. The number of methoxy groups -OCH3 is 1. The summed E-state index contributed by atoms with van der Waals surface area (Å²) in [7, 11) is 1.29. The van der Waals surface area contributed by atoms with Gasteiger partial charge in [0.2, 0.25) is 0 Å². The zero-order valence-electron chi connectivity index (χ0n) is 18.7. The largest absolute Gasteiger partial charge is 0.467 e. The van der Waals surface area contributed by atoms with E-state index >= 15 is 0 Å². The molecule has 2 aliphatic heterocycles. The van der Waals surface area contributed by atoms with Gasteiger partial charge in [-0.3, -0.25) is 14.9 Å². The second-order valence-corrected chi connectivity index (χ2v) is 9.78. The number of para-hydroxylation sites is 2. The zero-order valence-corrected chi connectivity index (χ0v) is 18.7. The SMILES string of the molecule is COC(=O)[C@]1(O)CC2CC1n1c3ccccc3c3c4c(c5c6ccccc6n2c5c31)C(=O)NC4=O. The quantitative estimate of drug-likeness (QED) is 0.291. The molecule has 3 atom stereocenters. The summed E-state index contributed by atoms with van der Waals surface area (Å²) in [5, 5.41) is 17.4. The van der Waals surface area contributed by atoms with Crippen molar-refractivity contribution in [2.75, 3.05) is 7.11 Å². The molecule has 2 aromatic heterocycles. The summed E-state index contributed by atoms with van der Waals surface area (Å²) in [5.41, 5.74) is 2.35. The van der Waals surface area contributed by atoms with Gasteiger partial charge in [0.1, 0.15) is 0 Å². The molecule has 0 radical (unpaired) electrons. The van der Waals surface area contributed by atoms with E-state index in [0.717, 1.165) is 38.2 Å². The molecule has 2 unspecified atom stereocenters. The molecule has 172 valence electrons. The number of aliphatic hydroxyl groups is 1. The van der Waals surface area contributed by atoms with Crippen molar-refractivity contribution in [3.8, 4) is 0 Å². The Morgan fingerprint density at radius 1 is 0.943 bits per heavy atom. The van der Waals surface area contributed by atoms with E-state index < -0.39 is 29.4 Å². The molecule has 8 nitrogen and oxygen atoms in total. The van der Waals surface area contributed by atoms with Crippen LogP contribution in [0.4, 0.5) is 0 Å². The van der Waals surface area contributed by atoms with Gasteiger partial charge in [-0.25, -0.2) is 4.79 Å². The normalized spacial score (nSPS) is 24.6. The minimum Gasteiger partial charge on any atom is -0.467 e. The first-order valence-electron chi connectivity index (χ1n) is 11.6. The summed E-state index contributed by atoms with van der Waals surface area (Å²) in [5.74, 6) is -1.49. The molecule has 2 N–H and O–H groups in total. The molecule has 0 spiro atoms. The van der Waals surface area contributed by atoms with Crippen molar-refractivity contribution in [1.82, 2.24) is 14.5 Å². The smallest absolute Gasteiger partial charge is 0.340 e. The minimum atomic E-state index is -1.74. The van der Waals surface area contributed by atoms with Crippen molar-refractivity contribution in [3.63, 3.8) is 0 Å². The number of ether oxygens (including phenoxy) is 1. The average molecular weight is 465 g/mol. The number of carbonyl (C=O) groups excluding carboxylic acids is 3. The Bertz CT molecular complexity index is 1860. The molecule has 2 amide bonds. The summed E-state index contributed by atoms with van der Waals surface area (Å²) in [6.07, 6.45) is 0.695. The number of rotatable bonds is 1. The van der Waals surface area contributed by atoms with Crippen LogP contribution in [0.1, 0.15) is 45.6 Å². The van der Waals surface area contributed by atoms with Gasteiger partial charge in [-0.1, -0.05) is 36.4 Å². The first kappa shape index (κ1) is 19.2. The molecule has 8 heteroatoms. The number of imide groups is 1. The van der Waals surface area contributed by atoms with Gasteiger partial charge in [0, 0.05) is 45.0 Å². The van der Waals surface area contributed by atoms with Gasteiger partial charge in [0.05, 0.1) is 35.3 Å². The number of aromatic nitrogens is 2. The zero-order chi connectivity index (χ0) is 23.8. The van der Waals surface area contributed by atoms with E-state index in [4.69, 9.17) is 4.74 Å². The molecule has 2 bridgehead atoms. The maximum absolute atomic E-state index is 13.2. The number of benzene rings is 3. The Labute approximate surface area is 197 Å². The Morgan fingerprint density at radius 2 is 1.49 bits per heavy atom. The molecule has 3 aliphatic rings. The number of hydrogen-bond acceptors (Lipinski definition) is 5. The van der Waals surface area contributed by atoms with E-state index in [1.165, 1.54) is 7.11 Å². The minimum absolute atomic E-state index is 0.188. The van der Waals surface area contributed by atoms with Crippen LogP contribution in [0.5, 0.6) is 0 Å². The van der Waals surface area contributed by atoms with E-state index in [2.05, 4.69) is 9.88 Å². The van der Waals surface area contributed by atoms with E-state index in [1.54, 1.807) is 0 Å². The molecule has 35 heavy (non-hydrogen) atoms. The molecule has 1 saturated carbocycles. The molecule has 3 aromatic carbocycles. The van der Waals surface area contributed by atoms with Gasteiger partial charge in [-0.05, 0) is 18.6 Å². The fourth-order valence-electron chi connectivity index (χ4n) is 7.08. The number of nitrogens with zero attached hydrogens (tertiary/aromatic N) is 2. The Kier molecular flexibility index (Phi) is 3.23. The maximum atomic E-state index is 13.2. The lowest BCUT2D eigenvalue weighted by atomic mass is 9.95. The maximum Gasteiger partial charge on any atom is 0.340 e. The van der Waals surface area contributed by atoms with Crippen molar-refractivity contribution in [1.29, 1.82) is 0 Å². The molecule has 8 rings (SSSR count). The summed E-state index contributed by atoms with van der Waals surface area (Å²) in [6.45, 7) is 0. The lowest BCUT2D eigenvalue weighted by Gasteiger charge is -2.30. The third-order valence-electron chi connectivity index (χ3n) is 8.29. The average Bonchev–Trinajstić information content (AvgIpc) is 3.53. The Hall–Kier alpha value is -4.17. The van der Waals surface area contributed by atoms with Gasteiger partial charge in [0.15, 0.2) is 5.60 Å². The number of amides is 2. The summed E-state index contributed by atoms with van der Waals surface area (Å²) in [4.78, 5) is 39.4. The van der Waals surface area contributed by atoms with Gasteiger partial charge >= 0.3 is 5.97 Å². The second-order valence-electron chi connectivity index (χ2n) is 9.78. The van der Waals surface area contributed by atoms with Crippen LogP contribution < -0.4 is 5.32 Å². The third-order valence-corrected chi connectivity index (χ3v) is 8.29. The Morgan fingerprint density at radius 3 is 2.09 bits per heavy atom. The highest BCUT2D eigenvalue weighted by Gasteiger charge is 2.56. The Balaban J connectivity index is 1.73. The molecule has 4 heterocycles. The van der Waals surface area contributed by atoms with Crippen LogP contribution in [-0.4, -0.2) is 44.7 Å². The highest BCUT2D eigenvalue weighted by atomic mass is 16.5. The van der Waals surface area contributed by atoms with Gasteiger partial charge in [0.25, 0.3) is 11.8 Å². The lowest BCUT2D eigenvalue weighted by Crippen LogP contribution is -2.44. The number of fused-ring (bicyclic) bond motifs is 13. The summed E-state index contributed by atoms with van der Waals surface area (Å²) < 4.78 is 9.27. The lowest BCUT2D eigenvalue weighted by molar-refractivity contribution is -0.165. The predicted octanol–water partition coefficient (Wildman–Crippen LogP) is 3.58. The van der Waals surface area contributed by atoms with Crippen LogP contribution in [-0.2, 0) is 9.53 Å². The molecular formula is C27H19N3O5. The second kappa shape index (κ2) is 5.90. The highest BCUT2D eigenvalue weighted by Crippen LogP contribution is 2.56. The standard InChI is InChI=1S/C27H19N3O5/c1-35-26(33)27(34)11-12-10-17(27)30-16-9-5-3-7-14(16)19-21-20(24(31)28-25(21)32)18-13-6-2-4-8-15(13)29(12)22(18)23(19)30/h2-9,12,17,34H,10-11H2,1H3,(H,28,31,32)/t12?,17?,27-/m0/s1. The fourth-order valence-corrected chi connectivity index (χ4v) is 7.08. The van der Waals surface area contributed by atoms with Crippen molar-refractivity contribution in [2.24, 2.45) is 0 Å². The summed E-state index contributed by atoms with van der Waals surface area (Å²) in [6, 6.07) is 14.7. The number of carbonyl (C=O) groups is 3. The third kappa shape index (κ3) is 1.95. The van der Waals surface area contributed by atoms with Crippen LogP contribution in [0.25, 0.3) is 43.6 Å². The van der Waals surface area contributed by atoms with Crippen LogP contribution in [0.2, 0.25) is 0 Å². The van der Waals surface area contributed by atoms with Crippen LogP contribution in [0.3, 0.4) is 0 Å². The van der Waals surface area contributed by atoms with Gasteiger partial charge in [-0.15, -0.1) is 0 Å². The first-order chi connectivity index (χ1) is 17.0. The first-order valence-corrected chi connectivity index (χ1v) is 11.6. The van der Waals surface area contributed by atoms with Gasteiger partial charge < -0.3 is 19.0 Å².